The van der Waals surface area contributed by atoms with E-state index < -0.39 is 0 Å². The van der Waals surface area contributed by atoms with Crippen molar-refractivity contribution >= 4 is 11.0 Å². The first kappa shape index (κ1) is 11.7. The molecule has 0 aliphatic carbocycles. The van der Waals surface area contributed by atoms with Crippen molar-refractivity contribution in [2.75, 3.05) is 7.11 Å². The summed E-state index contributed by atoms with van der Waals surface area (Å²) in [7, 11) is 1.59. The van der Waals surface area contributed by atoms with Gasteiger partial charge >= 0.3 is 0 Å². The molecule has 0 radical (unpaired) electrons. The second-order valence-corrected chi connectivity index (χ2v) is 4.24. The molecule has 0 aliphatic heterocycles. The zero-order valence-corrected chi connectivity index (χ0v) is 10.6. The largest absolute Gasteiger partial charge is 0.489 e. The molecule has 1 aromatic heterocycles. The van der Waals surface area contributed by atoms with Crippen LogP contribution in [0.25, 0.3) is 11.0 Å². The SMILES string of the molecule is COc1cc2ccc(OCc3ccccc3)cc2o1. The maximum atomic E-state index is 5.74. The fourth-order valence-electron chi connectivity index (χ4n) is 1.92. The highest BCUT2D eigenvalue weighted by Gasteiger charge is 2.05. The number of fused-ring (bicyclic) bond motifs is 1. The summed E-state index contributed by atoms with van der Waals surface area (Å²) in [6, 6.07) is 17.7. The molecule has 0 bridgehead atoms. The highest BCUT2D eigenvalue weighted by atomic mass is 16.6. The Balaban J connectivity index is 1.78. The van der Waals surface area contributed by atoms with E-state index in [1.807, 2.05) is 54.6 Å². The number of ether oxygens (including phenoxy) is 2. The summed E-state index contributed by atoms with van der Waals surface area (Å²) in [4.78, 5) is 0. The third-order valence-electron chi connectivity index (χ3n) is 2.92. The van der Waals surface area contributed by atoms with E-state index in [2.05, 4.69) is 0 Å². The molecule has 0 spiro atoms. The lowest BCUT2D eigenvalue weighted by atomic mass is 10.2. The van der Waals surface area contributed by atoms with Gasteiger partial charge in [0.1, 0.15) is 17.9 Å². The van der Waals surface area contributed by atoms with E-state index in [4.69, 9.17) is 13.9 Å². The molecule has 0 aliphatic rings. The standard InChI is InChI=1S/C16H14O3/c1-17-16-9-13-7-8-14(10-15(13)19-16)18-11-12-5-3-2-4-6-12/h2-10H,11H2,1H3. The predicted molar refractivity (Wildman–Crippen MR) is 73.5 cm³/mol. The van der Waals surface area contributed by atoms with Crippen LogP contribution in [-0.2, 0) is 6.61 Å². The predicted octanol–water partition coefficient (Wildman–Crippen LogP) is 4.02. The number of rotatable bonds is 4. The average molecular weight is 254 g/mol. The molecular formula is C16H14O3. The number of hydrogen-bond acceptors (Lipinski definition) is 3. The Bertz CT molecular complexity index is 671. The topological polar surface area (TPSA) is 31.6 Å². The maximum Gasteiger partial charge on any atom is 0.285 e. The monoisotopic (exact) mass is 254 g/mol. The van der Waals surface area contributed by atoms with Gasteiger partial charge in [-0.15, -0.1) is 0 Å². The van der Waals surface area contributed by atoms with Crippen LogP contribution < -0.4 is 9.47 Å². The van der Waals surface area contributed by atoms with Crippen LogP contribution >= 0.6 is 0 Å². The van der Waals surface area contributed by atoms with Crippen LogP contribution in [0.5, 0.6) is 11.7 Å². The van der Waals surface area contributed by atoms with Crippen molar-refractivity contribution in [3.63, 3.8) is 0 Å². The Morgan fingerprint density at radius 3 is 2.63 bits per heavy atom. The van der Waals surface area contributed by atoms with E-state index in [1.165, 1.54) is 0 Å². The summed E-state index contributed by atoms with van der Waals surface area (Å²) in [5.74, 6) is 1.29. The first-order chi connectivity index (χ1) is 9.35. The van der Waals surface area contributed by atoms with Gasteiger partial charge in [-0.25, -0.2) is 0 Å². The van der Waals surface area contributed by atoms with Gasteiger partial charge in [-0.3, -0.25) is 0 Å². The van der Waals surface area contributed by atoms with Crippen LogP contribution in [-0.4, -0.2) is 7.11 Å². The summed E-state index contributed by atoms with van der Waals surface area (Å²) in [5, 5.41) is 1.00. The van der Waals surface area contributed by atoms with Crippen molar-refractivity contribution in [1.29, 1.82) is 0 Å². The molecule has 1 heterocycles. The third-order valence-corrected chi connectivity index (χ3v) is 2.92. The molecule has 0 amide bonds. The summed E-state index contributed by atoms with van der Waals surface area (Å²) in [5.41, 5.74) is 1.90. The highest BCUT2D eigenvalue weighted by molar-refractivity contribution is 5.80. The minimum Gasteiger partial charge on any atom is -0.489 e. The Hall–Kier alpha value is -2.42. The van der Waals surface area contributed by atoms with Gasteiger partial charge in [0.15, 0.2) is 0 Å². The quantitative estimate of drug-likeness (QED) is 0.704. The minimum absolute atomic E-state index is 0.509. The van der Waals surface area contributed by atoms with E-state index in [9.17, 15) is 0 Å². The van der Waals surface area contributed by atoms with Crippen LogP contribution in [0.3, 0.4) is 0 Å². The van der Waals surface area contributed by atoms with Gasteiger partial charge in [-0.1, -0.05) is 30.3 Å². The van der Waals surface area contributed by atoms with Crippen molar-refractivity contribution in [3.8, 4) is 11.7 Å². The molecule has 3 heteroatoms. The summed E-state index contributed by atoms with van der Waals surface area (Å²) in [6.45, 7) is 0.546. The molecule has 0 atom stereocenters. The Morgan fingerprint density at radius 1 is 1.00 bits per heavy atom. The maximum absolute atomic E-state index is 5.74. The third kappa shape index (κ3) is 2.55. The van der Waals surface area contributed by atoms with Crippen molar-refractivity contribution in [1.82, 2.24) is 0 Å². The molecule has 2 aromatic carbocycles. The van der Waals surface area contributed by atoms with E-state index in [0.29, 0.717) is 12.6 Å². The second-order valence-electron chi connectivity index (χ2n) is 4.24. The van der Waals surface area contributed by atoms with E-state index in [1.54, 1.807) is 7.11 Å². The van der Waals surface area contributed by atoms with Crippen LogP contribution in [0.15, 0.2) is 59.0 Å². The van der Waals surface area contributed by atoms with Gasteiger partial charge in [0.25, 0.3) is 5.95 Å². The van der Waals surface area contributed by atoms with Gasteiger partial charge in [0, 0.05) is 17.5 Å². The molecule has 3 rings (SSSR count). The summed E-state index contributed by atoms with van der Waals surface area (Å²) >= 11 is 0. The van der Waals surface area contributed by atoms with Gasteiger partial charge in [0.05, 0.1) is 7.11 Å². The van der Waals surface area contributed by atoms with Crippen molar-refractivity contribution in [2.24, 2.45) is 0 Å². The van der Waals surface area contributed by atoms with Gasteiger partial charge in [-0.2, -0.15) is 0 Å². The minimum atomic E-state index is 0.509. The van der Waals surface area contributed by atoms with Gasteiger partial charge < -0.3 is 13.9 Å². The zero-order chi connectivity index (χ0) is 13.1. The molecule has 96 valence electrons. The number of hydrogen-bond donors (Lipinski definition) is 0. The summed E-state index contributed by atoms with van der Waals surface area (Å²) in [6.07, 6.45) is 0. The van der Waals surface area contributed by atoms with Crippen LogP contribution in [0, 0.1) is 0 Å². The molecule has 19 heavy (non-hydrogen) atoms. The first-order valence-electron chi connectivity index (χ1n) is 6.09. The summed E-state index contributed by atoms with van der Waals surface area (Å²) < 4.78 is 16.3. The molecule has 3 nitrogen and oxygen atoms in total. The van der Waals surface area contributed by atoms with Crippen molar-refractivity contribution in [2.45, 2.75) is 6.61 Å². The smallest absolute Gasteiger partial charge is 0.285 e. The van der Waals surface area contributed by atoms with E-state index in [0.717, 1.165) is 22.3 Å². The van der Waals surface area contributed by atoms with Gasteiger partial charge in [0.2, 0.25) is 0 Å². The Morgan fingerprint density at radius 2 is 1.84 bits per heavy atom. The number of methoxy groups -OCH3 is 1. The lowest BCUT2D eigenvalue weighted by Gasteiger charge is -2.05. The van der Waals surface area contributed by atoms with Crippen LogP contribution in [0.2, 0.25) is 0 Å². The van der Waals surface area contributed by atoms with E-state index >= 15 is 0 Å². The number of benzene rings is 2. The molecule has 3 aromatic rings. The lowest BCUT2D eigenvalue weighted by Crippen LogP contribution is -1.94. The first-order valence-corrected chi connectivity index (χ1v) is 6.09. The van der Waals surface area contributed by atoms with Crippen molar-refractivity contribution < 1.29 is 13.9 Å². The molecular weight excluding hydrogens is 240 g/mol. The van der Waals surface area contributed by atoms with Crippen molar-refractivity contribution in [3.05, 3.63) is 60.2 Å². The molecule has 0 saturated heterocycles. The Kier molecular flexibility index (Phi) is 3.11. The van der Waals surface area contributed by atoms with E-state index in [-0.39, 0.29) is 0 Å². The number of furan rings is 1. The Labute approximate surface area is 111 Å². The molecule has 0 N–H and O–H groups in total. The highest BCUT2D eigenvalue weighted by Crippen LogP contribution is 2.28. The lowest BCUT2D eigenvalue weighted by molar-refractivity contribution is 0.304. The second kappa shape index (κ2) is 5.06. The zero-order valence-electron chi connectivity index (χ0n) is 10.6. The molecule has 0 fully saturated rings. The fourth-order valence-corrected chi connectivity index (χ4v) is 1.92. The average Bonchev–Trinajstić information content (AvgIpc) is 2.88. The van der Waals surface area contributed by atoms with Crippen LogP contribution in [0.4, 0.5) is 0 Å². The molecule has 0 unspecified atom stereocenters. The molecule has 0 saturated carbocycles. The van der Waals surface area contributed by atoms with Crippen LogP contribution in [0.1, 0.15) is 5.56 Å². The normalized spacial score (nSPS) is 10.6. The fraction of sp³-hybridized carbons (Fsp3) is 0.125. The van der Waals surface area contributed by atoms with Gasteiger partial charge in [-0.05, 0) is 17.7 Å².